The molecule has 80 valence electrons. The molecule has 5 nitrogen and oxygen atoms in total. The molecule has 3 N–H and O–H groups in total. The Hall–Kier alpha value is -2.04. The van der Waals surface area contributed by atoms with Crippen molar-refractivity contribution in [2.24, 2.45) is 5.73 Å². The van der Waals surface area contributed by atoms with Gasteiger partial charge in [0.15, 0.2) is 6.04 Å². The van der Waals surface area contributed by atoms with Gasteiger partial charge in [-0.05, 0) is 5.56 Å². The third kappa shape index (κ3) is 2.98. The number of carbonyl (C=O) groups excluding carboxylic acids is 2. The van der Waals surface area contributed by atoms with Gasteiger partial charge in [-0.3, -0.25) is 0 Å². The van der Waals surface area contributed by atoms with Crippen LogP contribution in [0.1, 0.15) is 11.6 Å². The van der Waals surface area contributed by atoms with E-state index in [1.165, 1.54) is 7.11 Å². The van der Waals surface area contributed by atoms with Crippen LogP contribution in [0.2, 0.25) is 0 Å². The van der Waals surface area contributed by atoms with E-state index in [9.17, 15) is 9.59 Å². The van der Waals surface area contributed by atoms with Crippen LogP contribution in [0.15, 0.2) is 30.3 Å². The Morgan fingerprint density at radius 1 is 1.33 bits per heavy atom. The molecule has 1 aromatic rings. The second-order valence-corrected chi connectivity index (χ2v) is 2.88. The minimum atomic E-state index is -0.853. The van der Waals surface area contributed by atoms with Crippen molar-refractivity contribution in [3.63, 3.8) is 0 Å². The first-order valence-electron chi connectivity index (χ1n) is 4.34. The zero-order valence-corrected chi connectivity index (χ0v) is 8.27. The van der Waals surface area contributed by atoms with E-state index < -0.39 is 18.0 Å². The average molecular weight is 208 g/mol. The lowest BCUT2D eigenvalue weighted by Crippen LogP contribution is -2.37. The van der Waals surface area contributed by atoms with Crippen molar-refractivity contribution in [3.05, 3.63) is 35.9 Å². The summed E-state index contributed by atoms with van der Waals surface area (Å²) in [6.45, 7) is 0. The zero-order valence-electron chi connectivity index (χ0n) is 8.27. The highest BCUT2D eigenvalue weighted by Crippen LogP contribution is 2.13. The Bertz CT molecular complexity index is 351. The first-order chi connectivity index (χ1) is 7.15. The molecule has 0 bridgehead atoms. The Kier molecular flexibility index (Phi) is 3.68. The number of rotatable bonds is 3. The molecule has 1 rings (SSSR count). The fraction of sp³-hybridized carbons (Fsp3) is 0.200. The summed E-state index contributed by atoms with van der Waals surface area (Å²) in [5, 5.41) is 2.31. The maximum Gasteiger partial charge on any atom is 0.333 e. The summed E-state index contributed by atoms with van der Waals surface area (Å²) in [6, 6.07) is 7.11. The van der Waals surface area contributed by atoms with Crippen LogP contribution in [0.3, 0.4) is 0 Å². The molecule has 1 aromatic carbocycles. The number of hydrogen-bond acceptors (Lipinski definition) is 3. The van der Waals surface area contributed by atoms with E-state index in [1.54, 1.807) is 24.3 Å². The van der Waals surface area contributed by atoms with E-state index in [0.717, 1.165) is 0 Å². The second-order valence-electron chi connectivity index (χ2n) is 2.88. The van der Waals surface area contributed by atoms with Crippen LogP contribution in [-0.2, 0) is 9.53 Å². The fourth-order valence-electron chi connectivity index (χ4n) is 1.18. The topological polar surface area (TPSA) is 81.4 Å². The molecule has 5 heteroatoms. The van der Waals surface area contributed by atoms with Gasteiger partial charge < -0.3 is 15.8 Å². The van der Waals surface area contributed by atoms with Gasteiger partial charge in [-0.25, -0.2) is 9.59 Å². The first kappa shape index (κ1) is 11.0. The second kappa shape index (κ2) is 4.99. The van der Waals surface area contributed by atoms with Crippen molar-refractivity contribution in [3.8, 4) is 0 Å². The zero-order chi connectivity index (χ0) is 11.3. The van der Waals surface area contributed by atoms with E-state index in [1.807, 2.05) is 6.07 Å². The summed E-state index contributed by atoms with van der Waals surface area (Å²) >= 11 is 0. The summed E-state index contributed by atoms with van der Waals surface area (Å²) in [5.41, 5.74) is 5.59. The van der Waals surface area contributed by atoms with E-state index >= 15 is 0 Å². The molecule has 15 heavy (non-hydrogen) atoms. The quantitative estimate of drug-likeness (QED) is 0.712. The van der Waals surface area contributed by atoms with Crippen molar-refractivity contribution in [1.29, 1.82) is 0 Å². The Morgan fingerprint density at radius 2 is 1.93 bits per heavy atom. The molecular formula is C10H12N2O3. The summed E-state index contributed by atoms with van der Waals surface area (Å²) in [4.78, 5) is 22.1. The van der Waals surface area contributed by atoms with Crippen LogP contribution in [0.25, 0.3) is 0 Å². The Labute approximate surface area is 87.2 Å². The number of nitrogens with one attached hydrogen (secondary N) is 1. The normalized spacial score (nSPS) is 11.5. The Morgan fingerprint density at radius 3 is 2.40 bits per heavy atom. The molecule has 2 amide bonds. The molecule has 0 fully saturated rings. The van der Waals surface area contributed by atoms with Crippen LogP contribution in [0.5, 0.6) is 0 Å². The highest BCUT2D eigenvalue weighted by atomic mass is 16.5. The Balaban J connectivity index is 2.91. The molecule has 0 aliphatic carbocycles. The number of methoxy groups -OCH3 is 1. The number of amides is 2. The van der Waals surface area contributed by atoms with Gasteiger partial charge in [0, 0.05) is 0 Å². The molecule has 1 atom stereocenters. The largest absolute Gasteiger partial charge is 0.467 e. The maximum absolute atomic E-state index is 11.4. The lowest BCUT2D eigenvalue weighted by molar-refractivity contribution is -0.143. The highest BCUT2D eigenvalue weighted by Gasteiger charge is 2.21. The van der Waals surface area contributed by atoms with Crippen molar-refractivity contribution in [2.75, 3.05) is 7.11 Å². The lowest BCUT2D eigenvalue weighted by Gasteiger charge is -2.14. The lowest BCUT2D eigenvalue weighted by atomic mass is 10.1. The molecule has 0 saturated heterocycles. The minimum Gasteiger partial charge on any atom is -0.467 e. The molecular weight excluding hydrogens is 196 g/mol. The summed E-state index contributed by atoms with van der Waals surface area (Å²) in [5.74, 6) is -0.556. The summed E-state index contributed by atoms with van der Waals surface area (Å²) < 4.78 is 4.56. The van der Waals surface area contributed by atoms with Crippen LogP contribution >= 0.6 is 0 Å². The molecule has 0 aromatic heterocycles. The van der Waals surface area contributed by atoms with Gasteiger partial charge in [-0.2, -0.15) is 0 Å². The summed E-state index contributed by atoms with van der Waals surface area (Å²) in [6.07, 6.45) is 0. The number of ether oxygens (including phenoxy) is 1. The van der Waals surface area contributed by atoms with Crippen LogP contribution < -0.4 is 11.1 Å². The predicted octanol–water partition coefficient (Wildman–Crippen LogP) is 0.569. The van der Waals surface area contributed by atoms with E-state index in [2.05, 4.69) is 10.1 Å². The van der Waals surface area contributed by atoms with Gasteiger partial charge in [0.05, 0.1) is 7.11 Å². The van der Waals surface area contributed by atoms with Gasteiger partial charge >= 0.3 is 12.0 Å². The predicted molar refractivity (Wildman–Crippen MR) is 53.9 cm³/mol. The third-order valence-electron chi connectivity index (χ3n) is 1.86. The molecule has 0 aliphatic rings. The summed E-state index contributed by atoms with van der Waals surface area (Å²) in [7, 11) is 1.25. The molecule has 0 aliphatic heterocycles. The number of nitrogens with two attached hydrogens (primary N) is 1. The molecule has 0 saturated carbocycles. The standard InChI is InChI=1S/C10H12N2O3/c1-15-9(13)8(12-10(11)14)7-5-3-2-4-6-7/h2-6,8H,1H3,(H3,11,12,14)/t8-/m1/s1. The number of urea groups is 1. The first-order valence-corrected chi connectivity index (χ1v) is 4.34. The maximum atomic E-state index is 11.4. The number of esters is 1. The van der Waals surface area contributed by atoms with Crippen LogP contribution in [0, 0.1) is 0 Å². The number of carbonyl (C=O) groups is 2. The van der Waals surface area contributed by atoms with Crippen molar-refractivity contribution >= 4 is 12.0 Å². The minimum absolute atomic E-state index is 0.556. The van der Waals surface area contributed by atoms with Crippen LogP contribution in [0.4, 0.5) is 4.79 Å². The van der Waals surface area contributed by atoms with Gasteiger partial charge in [-0.1, -0.05) is 30.3 Å². The van der Waals surface area contributed by atoms with Gasteiger partial charge in [0.2, 0.25) is 0 Å². The molecule has 0 spiro atoms. The molecule has 0 heterocycles. The van der Waals surface area contributed by atoms with E-state index in [0.29, 0.717) is 5.56 Å². The number of benzene rings is 1. The van der Waals surface area contributed by atoms with E-state index in [-0.39, 0.29) is 0 Å². The monoisotopic (exact) mass is 208 g/mol. The SMILES string of the molecule is COC(=O)[C@H](NC(N)=O)c1ccccc1. The molecule has 0 unspecified atom stereocenters. The number of primary amides is 1. The van der Waals surface area contributed by atoms with Gasteiger partial charge in [0.25, 0.3) is 0 Å². The fourth-order valence-corrected chi connectivity index (χ4v) is 1.18. The van der Waals surface area contributed by atoms with Crippen LogP contribution in [-0.4, -0.2) is 19.1 Å². The van der Waals surface area contributed by atoms with E-state index in [4.69, 9.17) is 5.73 Å². The smallest absolute Gasteiger partial charge is 0.333 e. The molecule has 0 radical (unpaired) electrons. The van der Waals surface area contributed by atoms with Crippen molar-refractivity contribution < 1.29 is 14.3 Å². The average Bonchev–Trinajstić information content (AvgIpc) is 2.26. The highest BCUT2D eigenvalue weighted by molar-refractivity contribution is 5.83. The van der Waals surface area contributed by atoms with Gasteiger partial charge in [0.1, 0.15) is 0 Å². The third-order valence-corrected chi connectivity index (χ3v) is 1.86. The van der Waals surface area contributed by atoms with Crippen molar-refractivity contribution in [2.45, 2.75) is 6.04 Å². The van der Waals surface area contributed by atoms with Gasteiger partial charge in [-0.15, -0.1) is 0 Å². The number of hydrogen-bond donors (Lipinski definition) is 2. The van der Waals surface area contributed by atoms with Crippen molar-refractivity contribution in [1.82, 2.24) is 5.32 Å².